The van der Waals surface area contributed by atoms with Crippen LogP contribution in [-0.2, 0) is 15.9 Å². The fourth-order valence-electron chi connectivity index (χ4n) is 3.22. The lowest BCUT2D eigenvalue weighted by molar-refractivity contribution is 0.00940. The third-order valence-electron chi connectivity index (χ3n) is 4.80. The van der Waals surface area contributed by atoms with Crippen LogP contribution in [0.4, 0.5) is 9.59 Å². The normalized spacial score (nSPS) is 18.2. The lowest BCUT2D eigenvalue weighted by atomic mass is 9.92. The number of nitrogens with zero attached hydrogens (tertiary/aromatic N) is 4. The van der Waals surface area contributed by atoms with Gasteiger partial charge in [0, 0.05) is 56.9 Å². The first kappa shape index (κ1) is 17.3. The number of carbonyl (C=O) groups excluding carboxylic acids is 2. The van der Waals surface area contributed by atoms with Crippen molar-refractivity contribution in [1.82, 2.24) is 30.4 Å². The number of amides is 2. The summed E-state index contributed by atoms with van der Waals surface area (Å²) in [4.78, 5) is 33.6. The highest BCUT2D eigenvalue weighted by Gasteiger charge is 2.45. The molecule has 0 aliphatic carbocycles. The van der Waals surface area contributed by atoms with Gasteiger partial charge in [0.05, 0.1) is 0 Å². The molecule has 0 bridgehead atoms. The van der Waals surface area contributed by atoms with Crippen LogP contribution in [0.1, 0.15) is 18.7 Å². The summed E-state index contributed by atoms with van der Waals surface area (Å²) >= 11 is 0. The van der Waals surface area contributed by atoms with Gasteiger partial charge in [-0.25, -0.2) is 14.6 Å². The van der Waals surface area contributed by atoms with Crippen LogP contribution in [0.5, 0.6) is 0 Å². The van der Waals surface area contributed by atoms with Crippen LogP contribution in [0, 0.1) is 0 Å². The van der Waals surface area contributed by atoms with Crippen LogP contribution in [0.25, 0.3) is 11.4 Å². The number of pyridine rings is 1. The Labute approximate surface area is 155 Å². The number of urea groups is 1. The summed E-state index contributed by atoms with van der Waals surface area (Å²) in [7, 11) is 0. The van der Waals surface area contributed by atoms with E-state index in [9.17, 15) is 9.59 Å². The van der Waals surface area contributed by atoms with Crippen molar-refractivity contribution < 1.29 is 19.1 Å². The lowest BCUT2D eigenvalue weighted by Gasteiger charge is -2.36. The van der Waals surface area contributed by atoms with E-state index in [0.717, 1.165) is 5.56 Å². The number of likely N-dealkylation sites (tertiary alicyclic amines) is 1. The second kappa shape index (κ2) is 7.22. The van der Waals surface area contributed by atoms with Crippen molar-refractivity contribution in [2.45, 2.75) is 24.9 Å². The third-order valence-corrected chi connectivity index (χ3v) is 4.80. The summed E-state index contributed by atoms with van der Waals surface area (Å²) in [6.45, 7) is 1.76. The van der Waals surface area contributed by atoms with Crippen molar-refractivity contribution in [3.05, 3.63) is 30.4 Å². The lowest BCUT2D eigenvalue weighted by Crippen LogP contribution is -2.51. The Hall–Kier alpha value is -3.17. The Kier molecular flexibility index (Phi) is 4.61. The van der Waals surface area contributed by atoms with Crippen LogP contribution in [0.2, 0.25) is 0 Å². The molecule has 2 aliphatic rings. The van der Waals surface area contributed by atoms with Gasteiger partial charge in [-0.1, -0.05) is 0 Å². The molecule has 4 heterocycles. The van der Waals surface area contributed by atoms with Crippen molar-refractivity contribution in [3.8, 4) is 11.4 Å². The summed E-state index contributed by atoms with van der Waals surface area (Å²) in [5.74, 6) is 1.28. The van der Waals surface area contributed by atoms with Crippen LogP contribution in [0.15, 0.2) is 24.5 Å². The van der Waals surface area contributed by atoms with Gasteiger partial charge in [0.1, 0.15) is 12.4 Å². The molecular weight excluding hydrogens is 352 g/mol. The number of cyclic esters (lactones) is 1. The summed E-state index contributed by atoms with van der Waals surface area (Å²) in [6.07, 6.45) is 4.49. The number of hydrogen-bond acceptors (Lipinski definition) is 7. The summed E-state index contributed by atoms with van der Waals surface area (Å²) in [5, 5.41) is 9.93. The Balaban J connectivity index is 1.22. The Morgan fingerprint density at radius 3 is 2.93 bits per heavy atom. The van der Waals surface area contributed by atoms with E-state index in [4.69, 9.17) is 9.47 Å². The highest BCUT2D eigenvalue weighted by atomic mass is 16.8. The summed E-state index contributed by atoms with van der Waals surface area (Å²) < 4.78 is 10.1. The van der Waals surface area contributed by atoms with Gasteiger partial charge in [0.15, 0.2) is 11.4 Å². The maximum Gasteiger partial charge on any atom is 0.509 e. The topological polar surface area (TPSA) is 122 Å². The van der Waals surface area contributed by atoms with Crippen LogP contribution in [0.3, 0.4) is 0 Å². The molecule has 2 aromatic heterocycles. The molecule has 10 nitrogen and oxygen atoms in total. The van der Waals surface area contributed by atoms with Crippen molar-refractivity contribution in [1.29, 1.82) is 0 Å². The maximum absolute atomic E-state index is 12.3. The quantitative estimate of drug-likeness (QED) is 0.771. The predicted octanol–water partition coefficient (Wildman–Crippen LogP) is 1.12. The summed E-state index contributed by atoms with van der Waals surface area (Å²) in [6, 6.07) is 3.58. The van der Waals surface area contributed by atoms with E-state index in [1.54, 1.807) is 17.3 Å². The van der Waals surface area contributed by atoms with Crippen molar-refractivity contribution in [3.63, 3.8) is 0 Å². The molecule has 0 unspecified atom stereocenters. The molecule has 0 aromatic carbocycles. The second-order valence-corrected chi connectivity index (χ2v) is 6.64. The van der Waals surface area contributed by atoms with Crippen molar-refractivity contribution in [2.75, 3.05) is 26.2 Å². The molecule has 2 fully saturated rings. The first-order chi connectivity index (χ1) is 13.1. The van der Waals surface area contributed by atoms with Gasteiger partial charge in [-0.2, -0.15) is 5.10 Å². The van der Waals surface area contributed by atoms with E-state index >= 15 is 0 Å². The van der Waals surface area contributed by atoms with Crippen LogP contribution >= 0.6 is 0 Å². The molecule has 1 spiro atoms. The number of carbonyl (C=O) groups is 2. The molecule has 10 heteroatoms. The largest absolute Gasteiger partial charge is 0.509 e. The number of rotatable bonds is 4. The van der Waals surface area contributed by atoms with E-state index in [2.05, 4.69) is 25.5 Å². The standard InChI is InChI=1S/C17H20N6O4/c24-15(23-8-4-17(5-9-23)11-26-16(25)27-17)19-7-3-13-20-14(22-21-13)12-2-1-6-18-10-12/h1-2,6,10H,3-5,7-9,11H2,(H,19,24)(H,20,21,22). The molecule has 2 saturated heterocycles. The SMILES string of the molecule is O=C1OCC2(CCN(C(=O)NCCc3nc(-c4cccnc4)n[nH]3)CC2)O1. The fourth-order valence-corrected chi connectivity index (χ4v) is 3.22. The molecule has 0 saturated carbocycles. The highest BCUT2D eigenvalue weighted by molar-refractivity contribution is 5.74. The summed E-state index contributed by atoms with van der Waals surface area (Å²) in [5.41, 5.74) is 0.277. The monoisotopic (exact) mass is 372 g/mol. The average Bonchev–Trinajstić information content (AvgIpc) is 3.30. The molecule has 142 valence electrons. The van der Waals surface area contributed by atoms with Gasteiger partial charge in [-0.15, -0.1) is 0 Å². The van der Waals surface area contributed by atoms with Gasteiger partial charge < -0.3 is 19.7 Å². The first-order valence-corrected chi connectivity index (χ1v) is 8.84. The molecule has 2 amide bonds. The molecular formula is C17H20N6O4. The van der Waals surface area contributed by atoms with Gasteiger partial charge in [0.2, 0.25) is 0 Å². The van der Waals surface area contributed by atoms with Gasteiger partial charge in [-0.3, -0.25) is 10.1 Å². The number of aromatic amines is 1. The average molecular weight is 372 g/mol. The Bertz CT molecular complexity index is 816. The van der Waals surface area contributed by atoms with Crippen LogP contribution < -0.4 is 5.32 Å². The number of aromatic nitrogens is 4. The fraction of sp³-hybridized carbons (Fsp3) is 0.471. The molecule has 2 N–H and O–H groups in total. The van der Waals surface area contributed by atoms with E-state index in [1.165, 1.54) is 0 Å². The zero-order valence-electron chi connectivity index (χ0n) is 14.7. The number of nitrogens with one attached hydrogen (secondary N) is 2. The minimum Gasteiger partial charge on any atom is -0.430 e. The highest BCUT2D eigenvalue weighted by Crippen LogP contribution is 2.31. The van der Waals surface area contributed by atoms with Gasteiger partial charge >= 0.3 is 12.2 Å². The van der Waals surface area contributed by atoms with Crippen molar-refractivity contribution in [2.24, 2.45) is 0 Å². The van der Waals surface area contributed by atoms with E-state index < -0.39 is 11.8 Å². The van der Waals surface area contributed by atoms with E-state index in [1.807, 2.05) is 12.1 Å². The molecule has 27 heavy (non-hydrogen) atoms. The third kappa shape index (κ3) is 3.83. The number of hydrogen-bond donors (Lipinski definition) is 2. The number of piperidine rings is 1. The Morgan fingerprint density at radius 2 is 2.22 bits per heavy atom. The first-order valence-electron chi connectivity index (χ1n) is 8.84. The smallest absolute Gasteiger partial charge is 0.430 e. The molecule has 0 atom stereocenters. The number of ether oxygens (including phenoxy) is 2. The van der Waals surface area contributed by atoms with Gasteiger partial charge in [0.25, 0.3) is 0 Å². The maximum atomic E-state index is 12.3. The minimum absolute atomic E-state index is 0.137. The second-order valence-electron chi connectivity index (χ2n) is 6.64. The van der Waals surface area contributed by atoms with Crippen LogP contribution in [-0.4, -0.2) is 69.1 Å². The minimum atomic E-state index is -0.620. The zero-order chi connectivity index (χ0) is 18.7. The molecule has 0 radical (unpaired) electrons. The molecule has 2 aromatic rings. The van der Waals surface area contributed by atoms with E-state index in [-0.39, 0.29) is 12.6 Å². The predicted molar refractivity (Wildman–Crippen MR) is 92.7 cm³/mol. The molecule has 2 aliphatic heterocycles. The number of H-pyrrole nitrogens is 1. The van der Waals surface area contributed by atoms with Gasteiger partial charge in [-0.05, 0) is 12.1 Å². The van der Waals surface area contributed by atoms with E-state index in [0.29, 0.717) is 50.5 Å². The zero-order valence-corrected chi connectivity index (χ0v) is 14.7. The Morgan fingerprint density at radius 1 is 1.37 bits per heavy atom. The molecule has 4 rings (SSSR count). The van der Waals surface area contributed by atoms with Crippen molar-refractivity contribution >= 4 is 12.2 Å².